The molecule has 1 unspecified atom stereocenters. The lowest BCUT2D eigenvalue weighted by Crippen LogP contribution is -2.47. The van der Waals surface area contributed by atoms with Gasteiger partial charge >= 0.3 is 0 Å². The van der Waals surface area contributed by atoms with E-state index in [1.807, 2.05) is 0 Å². The number of aromatic nitrogens is 2. The Morgan fingerprint density at radius 1 is 1.16 bits per heavy atom. The summed E-state index contributed by atoms with van der Waals surface area (Å²) in [6.45, 7) is 12.2. The third-order valence-corrected chi connectivity index (χ3v) is 3.81. The Bertz CT molecular complexity index is 371. The summed E-state index contributed by atoms with van der Waals surface area (Å²) in [6, 6.07) is 0.238. The second-order valence-corrected chi connectivity index (χ2v) is 5.35. The van der Waals surface area contributed by atoms with E-state index in [9.17, 15) is 0 Å². The maximum atomic E-state index is 5.39. The molecule has 5 heteroatoms. The van der Waals surface area contributed by atoms with Gasteiger partial charge in [-0.2, -0.15) is 4.98 Å². The van der Waals surface area contributed by atoms with E-state index in [4.69, 9.17) is 4.52 Å². The van der Waals surface area contributed by atoms with Crippen molar-refractivity contribution in [3.8, 4) is 0 Å². The Kier molecular flexibility index (Phi) is 5.34. The molecule has 0 N–H and O–H groups in total. The van der Waals surface area contributed by atoms with E-state index in [0.717, 1.165) is 50.7 Å². The zero-order chi connectivity index (χ0) is 13.7. The standard InChI is InChI=1S/C14H26N4O/c1-4-6-13-15-14(19-16-13)12(3)18-10-8-17(7-5-2)9-11-18/h12H,4-11H2,1-3H3. The molecule has 1 aliphatic rings. The van der Waals surface area contributed by atoms with Crippen LogP contribution in [0.3, 0.4) is 0 Å². The summed E-state index contributed by atoms with van der Waals surface area (Å²) in [7, 11) is 0. The predicted octanol–water partition coefficient (Wildman–Crippen LogP) is 2.11. The van der Waals surface area contributed by atoms with Gasteiger partial charge in [-0.1, -0.05) is 19.0 Å². The fourth-order valence-electron chi connectivity index (χ4n) is 2.61. The fourth-order valence-corrected chi connectivity index (χ4v) is 2.61. The van der Waals surface area contributed by atoms with Gasteiger partial charge in [-0.05, 0) is 26.3 Å². The van der Waals surface area contributed by atoms with Crippen molar-refractivity contribution in [2.24, 2.45) is 0 Å². The number of rotatable bonds is 6. The molecular formula is C14H26N4O. The molecule has 19 heavy (non-hydrogen) atoms. The minimum Gasteiger partial charge on any atom is -0.338 e. The van der Waals surface area contributed by atoms with E-state index >= 15 is 0 Å². The van der Waals surface area contributed by atoms with Crippen LogP contribution in [-0.4, -0.2) is 52.7 Å². The summed E-state index contributed by atoms with van der Waals surface area (Å²) in [5.41, 5.74) is 0. The monoisotopic (exact) mass is 266 g/mol. The van der Waals surface area contributed by atoms with E-state index in [-0.39, 0.29) is 6.04 Å². The molecule has 2 rings (SSSR count). The molecule has 0 bridgehead atoms. The first-order valence-electron chi connectivity index (χ1n) is 7.53. The van der Waals surface area contributed by atoms with E-state index in [0.29, 0.717) is 0 Å². The molecule has 0 radical (unpaired) electrons. The van der Waals surface area contributed by atoms with Crippen molar-refractivity contribution in [1.82, 2.24) is 19.9 Å². The molecule has 2 heterocycles. The van der Waals surface area contributed by atoms with Crippen molar-refractivity contribution in [1.29, 1.82) is 0 Å². The van der Waals surface area contributed by atoms with Crippen LogP contribution in [0.2, 0.25) is 0 Å². The van der Waals surface area contributed by atoms with Crippen LogP contribution >= 0.6 is 0 Å². The second kappa shape index (κ2) is 7.01. The molecule has 1 aliphatic heterocycles. The fraction of sp³-hybridized carbons (Fsp3) is 0.857. The summed E-state index contributed by atoms with van der Waals surface area (Å²) in [6.07, 6.45) is 3.20. The number of piperazine rings is 1. The molecule has 108 valence electrons. The Morgan fingerprint density at radius 3 is 2.53 bits per heavy atom. The summed E-state index contributed by atoms with van der Waals surface area (Å²) >= 11 is 0. The van der Waals surface area contributed by atoms with Gasteiger partial charge in [0.05, 0.1) is 6.04 Å². The molecule has 1 atom stereocenters. The normalized spacial score (nSPS) is 19.7. The minimum atomic E-state index is 0.238. The number of aryl methyl sites for hydroxylation is 1. The van der Waals surface area contributed by atoms with Crippen molar-refractivity contribution >= 4 is 0 Å². The van der Waals surface area contributed by atoms with Gasteiger partial charge < -0.3 is 9.42 Å². The van der Waals surface area contributed by atoms with Gasteiger partial charge in [0.1, 0.15) is 0 Å². The number of hydrogen-bond donors (Lipinski definition) is 0. The van der Waals surface area contributed by atoms with E-state index in [2.05, 4.69) is 40.7 Å². The first-order chi connectivity index (χ1) is 9.24. The molecule has 0 aliphatic carbocycles. The highest BCUT2D eigenvalue weighted by Crippen LogP contribution is 2.20. The molecule has 1 aromatic rings. The van der Waals surface area contributed by atoms with Gasteiger partial charge in [-0.3, -0.25) is 4.90 Å². The minimum absolute atomic E-state index is 0.238. The van der Waals surface area contributed by atoms with Crippen LogP contribution in [0.15, 0.2) is 4.52 Å². The molecular weight excluding hydrogens is 240 g/mol. The molecule has 0 aromatic carbocycles. The topological polar surface area (TPSA) is 45.4 Å². The SMILES string of the molecule is CCCc1noc(C(C)N2CCN(CCC)CC2)n1. The number of hydrogen-bond acceptors (Lipinski definition) is 5. The van der Waals surface area contributed by atoms with Gasteiger partial charge in [-0.25, -0.2) is 0 Å². The lowest BCUT2D eigenvalue weighted by Gasteiger charge is -2.36. The highest BCUT2D eigenvalue weighted by molar-refractivity contribution is 4.93. The lowest BCUT2D eigenvalue weighted by atomic mass is 10.2. The Hall–Kier alpha value is -0.940. The maximum absolute atomic E-state index is 5.39. The van der Waals surface area contributed by atoms with Gasteiger partial charge in [0.2, 0.25) is 5.89 Å². The van der Waals surface area contributed by atoms with Crippen LogP contribution in [-0.2, 0) is 6.42 Å². The van der Waals surface area contributed by atoms with Crippen LogP contribution in [0, 0.1) is 0 Å². The average molecular weight is 266 g/mol. The molecule has 1 aromatic heterocycles. The van der Waals surface area contributed by atoms with Crippen LogP contribution in [0.25, 0.3) is 0 Å². The molecule has 0 saturated carbocycles. The zero-order valence-corrected chi connectivity index (χ0v) is 12.4. The number of nitrogens with zero attached hydrogens (tertiary/aromatic N) is 4. The van der Waals surface area contributed by atoms with E-state index in [1.165, 1.54) is 13.0 Å². The van der Waals surface area contributed by atoms with Gasteiger partial charge in [0.15, 0.2) is 5.82 Å². The smallest absolute Gasteiger partial charge is 0.243 e. The maximum Gasteiger partial charge on any atom is 0.243 e. The highest BCUT2D eigenvalue weighted by Gasteiger charge is 2.25. The van der Waals surface area contributed by atoms with Crippen LogP contribution in [0.4, 0.5) is 0 Å². The Labute approximate surface area is 116 Å². The molecule has 0 spiro atoms. The highest BCUT2D eigenvalue weighted by atomic mass is 16.5. The first-order valence-corrected chi connectivity index (χ1v) is 7.53. The van der Waals surface area contributed by atoms with Gasteiger partial charge in [0.25, 0.3) is 0 Å². The molecule has 0 amide bonds. The van der Waals surface area contributed by atoms with E-state index in [1.54, 1.807) is 0 Å². The third-order valence-electron chi connectivity index (χ3n) is 3.81. The van der Waals surface area contributed by atoms with Crippen molar-refractivity contribution < 1.29 is 4.52 Å². The van der Waals surface area contributed by atoms with E-state index < -0.39 is 0 Å². The van der Waals surface area contributed by atoms with Crippen molar-refractivity contribution in [2.45, 2.75) is 46.1 Å². The van der Waals surface area contributed by atoms with Crippen molar-refractivity contribution in [2.75, 3.05) is 32.7 Å². The van der Waals surface area contributed by atoms with Crippen LogP contribution in [0.5, 0.6) is 0 Å². The summed E-state index contributed by atoms with van der Waals surface area (Å²) < 4.78 is 5.39. The second-order valence-electron chi connectivity index (χ2n) is 5.35. The third kappa shape index (κ3) is 3.76. The quantitative estimate of drug-likeness (QED) is 0.789. The predicted molar refractivity (Wildman–Crippen MR) is 75.0 cm³/mol. The van der Waals surface area contributed by atoms with Crippen molar-refractivity contribution in [3.63, 3.8) is 0 Å². The van der Waals surface area contributed by atoms with Crippen LogP contribution < -0.4 is 0 Å². The van der Waals surface area contributed by atoms with Crippen molar-refractivity contribution in [3.05, 3.63) is 11.7 Å². The summed E-state index contributed by atoms with van der Waals surface area (Å²) in [4.78, 5) is 9.46. The van der Waals surface area contributed by atoms with Crippen LogP contribution in [0.1, 0.15) is 51.4 Å². The Balaban J connectivity index is 1.87. The summed E-state index contributed by atoms with van der Waals surface area (Å²) in [5.74, 6) is 1.61. The largest absolute Gasteiger partial charge is 0.338 e. The first kappa shape index (κ1) is 14.5. The van der Waals surface area contributed by atoms with Gasteiger partial charge in [0, 0.05) is 32.6 Å². The molecule has 5 nitrogen and oxygen atoms in total. The Morgan fingerprint density at radius 2 is 1.89 bits per heavy atom. The molecule has 1 fully saturated rings. The zero-order valence-electron chi connectivity index (χ0n) is 12.4. The summed E-state index contributed by atoms with van der Waals surface area (Å²) in [5, 5.41) is 4.04. The molecule has 1 saturated heterocycles. The lowest BCUT2D eigenvalue weighted by molar-refractivity contribution is 0.0884. The van der Waals surface area contributed by atoms with Gasteiger partial charge in [-0.15, -0.1) is 0 Å². The average Bonchev–Trinajstić information content (AvgIpc) is 2.88.